The molecule has 1 unspecified atom stereocenters. The maximum atomic E-state index is 9.19. The fourth-order valence-electron chi connectivity index (χ4n) is 2.45. The zero-order valence-electron chi connectivity index (χ0n) is 13.4. The van der Waals surface area contributed by atoms with Crippen LogP contribution in [0.1, 0.15) is 41.5 Å². The Bertz CT molecular complexity index is 548. The predicted molar refractivity (Wildman–Crippen MR) is 95.4 cm³/mol. The van der Waals surface area contributed by atoms with Crippen molar-refractivity contribution in [1.82, 2.24) is 0 Å². The van der Waals surface area contributed by atoms with E-state index >= 15 is 0 Å². The molecule has 2 rings (SSSR count). The van der Waals surface area contributed by atoms with Gasteiger partial charge in [0.1, 0.15) is 0 Å². The fraction of sp³-hybridized carbons (Fsp3) is 0.474. The minimum Gasteiger partial charge on any atom is -0.394 e. The summed E-state index contributed by atoms with van der Waals surface area (Å²) in [7, 11) is 0. The van der Waals surface area contributed by atoms with E-state index in [-0.39, 0.29) is 6.61 Å². The first kappa shape index (κ1) is 17.2. The number of benzene rings is 1. The molecule has 1 atom stereocenters. The highest BCUT2D eigenvalue weighted by molar-refractivity contribution is 7.11. The molecule has 0 amide bonds. The average molecular weight is 317 g/mol. The van der Waals surface area contributed by atoms with Crippen LogP contribution in [0.15, 0.2) is 42.5 Å². The van der Waals surface area contributed by atoms with Gasteiger partial charge in [-0.3, -0.25) is 0 Å². The maximum absolute atomic E-state index is 9.19. The van der Waals surface area contributed by atoms with E-state index in [1.807, 2.05) is 18.3 Å². The van der Waals surface area contributed by atoms with Crippen molar-refractivity contribution in [2.75, 3.05) is 6.61 Å². The van der Waals surface area contributed by atoms with Crippen molar-refractivity contribution < 1.29 is 5.11 Å². The second kappa shape index (κ2) is 8.47. The van der Waals surface area contributed by atoms with Crippen LogP contribution in [0.5, 0.6) is 0 Å². The van der Waals surface area contributed by atoms with Crippen molar-refractivity contribution in [3.63, 3.8) is 0 Å². The zero-order valence-corrected chi connectivity index (χ0v) is 14.2. The summed E-state index contributed by atoms with van der Waals surface area (Å²) in [6.45, 7) is 1.95. The van der Waals surface area contributed by atoms with E-state index in [0.717, 1.165) is 19.3 Å². The summed E-state index contributed by atoms with van der Waals surface area (Å²) in [5.41, 5.74) is 6.95. The first-order valence-corrected chi connectivity index (χ1v) is 8.92. The molecule has 0 aliphatic carbocycles. The highest BCUT2D eigenvalue weighted by Gasteiger charge is 2.16. The highest BCUT2D eigenvalue weighted by atomic mass is 32.1. The van der Waals surface area contributed by atoms with Crippen molar-refractivity contribution in [2.24, 2.45) is 5.73 Å². The Morgan fingerprint density at radius 1 is 0.955 bits per heavy atom. The van der Waals surface area contributed by atoms with Crippen LogP contribution in [0.4, 0.5) is 0 Å². The molecule has 0 aliphatic rings. The van der Waals surface area contributed by atoms with Crippen molar-refractivity contribution in [3.05, 3.63) is 57.8 Å². The van der Waals surface area contributed by atoms with Crippen LogP contribution in [0.25, 0.3) is 0 Å². The number of rotatable bonds is 9. The Balaban J connectivity index is 1.69. The van der Waals surface area contributed by atoms with Crippen LogP contribution in [0, 0.1) is 0 Å². The van der Waals surface area contributed by atoms with E-state index in [1.54, 1.807) is 0 Å². The molecule has 2 aromatic rings. The number of aliphatic hydroxyl groups excluding tert-OH is 1. The van der Waals surface area contributed by atoms with Crippen LogP contribution in [-0.2, 0) is 19.3 Å². The Morgan fingerprint density at radius 3 is 2.27 bits per heavy atom. The van der Waals surface area contributed by atoms with Gasteiger partial charge in [-0.2, -0.15) is 0 Å². The van der Waals surface area contributed by atoms with Gasteiger partial charge in [-0.05, 0) is 63.1 Å². The molecule has 0 aliphatic heterocycles. The summed E-state index contributed by atoms with van der Waals surface area (Å²) in [5, 5.41) is 9.19. The summed E-state index contributed by atoms with van der Waals surface area (Å²) in [5.74, 6) is 0. The summed E-state index contributed by atoms with van der Waals surface area (Å²) in [6, 6.07) is 15.2. The van der Waals surface area contributed by atoms with Crippen molar-refractivity contribution >= 4 is 11.3 Å². The van der Waals surface area contributed by atoms with E-state index in [9.17, 15) is 5.11 Å². The van der Waals surface area contributed by atoms with Crippen LogP contribution >= 0.6 is 11.3 Å². The number of hydrogen-bond acceptors (Lipinski definition) is 3. The number of nitrogens with two attached hydrogens (primary N) is 1. The third-order valence-electron chi connectivity index (χ3n) is 4.00. The third kappa shape index (κ3) is 5.91. The van der Waals surface area contributed by atoms with E-state index < -0.39 is 5.54 Å². The average Bonchev–Trinajstić information content (AvgIpc) is 2.99. The van der Waals surface area contributed by atoms with Gasteiger partial charge in [0, 0.05) is 15.3 Å². The van der Waals surface area contributed by atoms with Gasteiger partial charge in [0.15, 0.2) is 0 Å². The number of aliphatic hydroxyl groups is 1. The number of aryl methyl sites for hydroxylation is 3. The molecule has 3 heteroatoms. The molecule has 0 fully saturated rings. The Kier molecular flexibility index (Phi) is 6.62. The Morgan fingerprint density at radius 2 is 1.59 bits per heavy atom. The number of hydrogen-bond donors (Lipinski definition) is 2. The minimum absolute atomic E-state index is 0.0463. The molecule has 2 nitrogen and oxygen atoms in total. The van der Waals surface area contributed by atoms with E-state index in [2.05, 4.69) is 42.5 Å². The van der Waals surface area contributed by atoms with Crippen LogP contribution in [0.2, 0.25) is 0 Å². The summed E-state index contributed by atoms with van der Waals surface area (Å²) in [6.07, 6.45) is 6.60. The first-order chi connectivity index (χ1) is 10.6. The fourth-order valence-corrected chi connectivity index (χ4v) is 3.51. The predicted octanol–water partition coefficient (Wildman–Crippen LogP) is 3.96. The SMILES string of the molecule is CC(N)(CO)CCc1ccc(CCCCc2ccccc2)s1. The molecule has 0 saturated carbocycles. The lowest BCUT2D eigenvalue weighted by molar-refractivity contribution is 0.201. The smallest absolute Gasteiger partial charge is 0.0608 e. The molecule has 1 aromatic heterocycles. The molecule has 1 heterocycles. The monoisotopic (exact) mass is 317 g/mol. The molecule has 0 bridgehead atoms. The van der Waals surface area contributed by atoms with E-state index in [0.29, 0.717) is 0 Å². The molecule has 0 spiro atoms. The largest absolute Gasteiger partial charge is 0.394 e. The van der Waals surface area contributed by atoms with Gasteiger partial charge in [0.25, 0.3) is 0 Å². The third-order valence-corrected chi connectivity index (χ3v) is 5.21. The summed E-state index contributed by atoms with van der Waals surface area (Å²) < 4.78 is 0. The molecule has 22 heavy (non-hydrogen) atoms. The molecule has 0 saturated heterocycles. The summed E-state index contributed by atoms with van der Waals surface area (Å²) >= 11 is 1.89. The molecule has 120 valence electrons. The van der Waals surface area contributed by atoms with Crippen molar-refractivity contribution in [1.29, 1.82) is 0 Å². The topological polar surface area (TPSA) is 46.2 Å². The molecule has 0 radical (unpaired) electrons. The maximum Gasteiger partial charge on any atom is 0.0608 e. The summed E-state index contributed by atoms with van der Waals surface area (Å²) in [4.78, 5) is 2.84. The molecule has 1 aromatic carbocycles. The Hall–Kier alpha value is -1.16. The van der Waals surface area contributed by atoms with Gasteiger partial charge >= 0.3 is 0 Å². The van der Waals surface area contributed by atoms with Gasteiger partial charge in [0.2, 0.25) is 0 Å². The van der Waals surface area contributed by atoms with Gasteiger partial charge in [-0.15, -0.1) is 11.3 Å². The number of unbranched alkanes of at least 4 members (excludes halogenated alkanes) is 1. The minimum atomic E-state index is -0.458. The standard InChI is InChI=1S/C19H27NOS/c1-19(20,15-21)14-13-18-12-11-17(22-18)10-6-5-9-16-7-3-2-4-8-16/h2-4,7-8,11-12,21H,5-6,9-10,13-15,20H2,1H3. The van der Waals surface area contributed by atoms with Crippen LogP contribution in [-0.4, -0.2) is 17.3 Å². The zero-order chi connectivity index (χ0) is 15.8. The van der Waals surface area contributed by atoms with Crippen molar-refractivity contribution in [2.45, 2.75) is 51.0 Å². The molecular weight excluding hydrogens is 290 g/mol. The molecular formula is C19H27NOS. The van der Waals surface area contributed by atoms with Gasteiger partial charge in [-0.25, -0.2) is 0 Å². The quantitative estimate of drug-likeness (QED) is 0.688. The van der Waals surface area contributed by atoms with Crippen molar-refractivity contribution in [3.8, 4) is 0 Å². The highest BCUT2D eigenvalue weighted by Crippen LogP contribution is 2.22. The second-order valence-corrected chi connectivity index (χ2v) is 7.63. The normalized spacial score (nSPS) is 14.0. The lowest BCUT2D eigenvalue weighted by Gasteiger charge is -2.20. The van der Waals surface area contributed by atoms with Gasteiger partial charge in [0.05, 0.1) is 6.61 Å². The Labute approximate surface area is 138 Å². The lowest BCUT2D eigenvalue weighted by atomic mass is 9.98. The molecule has 3 N–H and O–H groups in total. The van der Waals surface area contributed by atoms with E-state index in [1.165, 1.54) is 34.6 Å². The second-order valence-electron chi connectivity index (χ2n) is 6.37. The van der Waals surface area contributed by atoms with Gasteiger partial charge in [-0.1, -0.05) is 30.3 Å². The lowest BCUT2D eigenvalue weighted by Crippen LogP contribution is -2.40. The van der Waals surface area contributed by atoms with Crippen LogP contribution < -0.4 is 5.73 Å². The first-order valence-electron chi connectivity index (χ1n) is 8.10. The van der Waals surface area contributed by atoms with Gasteiger partial charge < -0.3 is 10.8 Å². The van der Waals surface area contributed by atoms with E-state index in [4.69, 9.17) is 5.73 Å². The number of thiophene rings is 1. The van der Waals surface area contributed by atoms with Crippen LogP contribution in [0.3, 0.4) is 0 Å².